The first kappa shape index (κ1) is 33.7. The largest absolute Gasteiger partial charge is 0.573 e. The third kappa shape index (κ3) is 8.50. The third-order valence-electron chi connectivity index (χ3n) is 6.14. The quantitative estimate of drug-likeness (QED) is 0.168. The van der Waals surface area contributed by atoms with Gasteiger partial charge in [0.05, 0.1) is 15.8 Å². The molecule has 2 N–H and O–H groups in total. The molecule has 0 radical (unpaired) electrons. The lowest BCUT2D eigenvalue weighted by Crippen LogP contribution is -2.33. The van der Waals surface area contributed by atoms with Crippen LogP contribution in [0.15, 0.2) is 54.7 Å². The van der Waals surface area contributed by atoms with E-state index in [9.17, 15) is 48.3 Å². The number of carbonyl (C=O) groups is 1. The molecule has 2 heterocycles. The molecule has 18 heteroatoms. The van der Waals surface area contributed by atoms with Crippen molar-refractivity contribution in [2.45, 2.75) is 38.2 Å². The Hall–Kier alpha value is -4.19. The summed E-state index contributed by atoms with van der Waals surface area (Å²) in [6.07, 6.45) is -12.4. The van der Waals surface area contributed by atoms with Crippen LogP contribution in [0, 0.1) is 5.82 Å². The summed E-state index contributed by atoms with van der Waals surface area (Å²) in [5.74, 6) is -3.72. The molecule has 0 bridgehead atoms. The van der Waals surface area contributed by atoms with E-state index < -0.39 is 57.6 Å². The minimum Gasteiger partial charge on any atom is -0.428 e. The summed E-state index contributed by atoms with van der Waals surface area (Å²) in [6.45, 7) is 2.74. The Morgan fingerprint density at radius 3 is 2.13 bits per heavy atom. The minimum atomic E-state index is -5.28. The second-order valence-corrected chi connectivity index (χ2v) is 12.9. The first-order valence-electron chi connectivity index (χ1n) is 12.4. The number of rotatable bonds is 10. The van der Waals surface area contributed by atoms with Crippen molar-refractivity contribution in [1.82, 2.24) is 4.98 Å². The molecule has 8 nitrogen and oxygen atoms in total. The lowest BCUT2D eigenvalue weighted by molar-refractivity contribution is -0.274. The molecule has 0 atom stereocenters. The molecule has 0 spiro atoms. The van der Waals surface area contributed by atoms with Gasteiger partial charge in [0.1, 0.15) is 23.1 Å². The number of anilines is 2. The van der Waals surface area contributed by atoms with Gasteiger partial charge in [-0.05, 0) is 59.0 Å². The maximum Gasteiger partial charge on any atom is 0.573 e. The third-order valence-corrected chi connectivity index (χ3v) is 7.80. The van der Waals surface area contributed by atoms with E-state index in [1.807, 2.05) is 0 Å². The molecular formula is C27H21F8N3O5S2. The number of nitrogens with one attached hydrogen (secondary N) is 2. The van der Waals surface area contributed by atoms with E-state index in [1.54, 1.807) is 0 Å². The zero-order valence-corrected chi connectivity index (χ0v) is 24.7. The van der Waals surface area contributed by atoms with E-state index in [-0.39, 0.29) is 27.5 Å². The van der Waals surface area contributed by atoms with E-state index in [2.05, 4.69) is 24.5 Å². The van der Waals surface area contributed by atoms with Gasteiger partial charge < -0.3 is 14.8 Å². The Morgan fingerprint density at radius 1 is 0.911 bits per heavy atom. The van der Waals surface area contributed by atoms with E-state index in [0.717, 1.165) is 41.9 Å². The van der Waals surface area contributed by atoms with E-state index in [0.29, 0.717) is 16.2 Å². The second kappa shape index (κ2) is 12.0. The number of sulfonamides is 1. The molecule has 242 valence electrons. The highest BCUT2D eigenvalue weighted by molar-refractivity contribution is 7.92. The van der Waals surface area contributed by atoms with Crippen LogP contribution in [0.3, 0.4) is 0 Å². The highest BCUT2D eigenvalue weighted by Crippen LogP contribution is 2.40. The van der Waals surface area contributed by atoms with Crippen LogP contribution < -0.4 is 19.5 Å². The van der Waals surface area contributed by atoms with Crippen molar-refractivity contribution in [3.63, 3.8) is 0 Å². The van der Waals surface area contributed by atoms with Crippen LogP contribution >= 0.6 is 11.3 Å². The maximum absolute atomic E-state index is 14.8. The number of hydrogen-bond acceptors (Lipinski definition) is 7. The van der Waals surface area contributed by atoms with Gasteiger partial charge >= 0.3 is 18.9 Å². The number of carbonyl (C=O) groups excluding carboxylic acids is 1. The van der Waals surface area contributed by atoms with Gasteiger partial charge in [-0.3, -0.25) is 9.52 Å². The number of pyridine rings is 1. The first-order valence-corrected chi connectivity index (χ1v) is 15.1. The molecule has 45 heavy (non-hydrogen) atoms. The molecule has 0 saturated carbocycles. The van der Waals surface area contributed by atoms with Gasteiger partial charge in [0.15, 0.2) is 0 Å². The molecule has 0 saturated heterocycles. The SMILES string of the molecule is CC(C)(c1cc(F)cc(NC(=O)c2cc3cc(NS(C)(=O)=O)ncc3s2)c1)c1cc(OC(F)(F)F)cc(OC(F)(F)C(F)F)c1. The van der Waals surface area contributed by atoms with E-state index in [4.69, 9.17) is 0 Å². The summed E-state index contributed by atoms with van der Waals surface area (Å²) >= 11 is 0.996. The second-order valence-electron chi connectivity index (χ2n) is 10.1. The number of nitrogens with zero attached hydrogens (tertiary/aromatic N) is 1. The zero-order chi connectivity index (χ0) is 33.5. The number of benzene rings is 2. The Labute approximate surface area is 254 Å². The summed E-state index contributed by atoms with van der Waals surface area (Å²) in [4.78, 5) is 17.1. The predicted octanol–water partition coefficient (Wildman–Crippen LogP) is 7.52. The van der Waals surface area contributed by atoms with E-state index in [1.165, 1.54) is 38.2 Å². The van der Waals surface area contributed by atoms with Crippen molar-refractivity contribution >= 4 is 48.9 Å². The smallest absolute Gasteiger partial charge is 0.428 e. The highest BCUT2D eigenvalue weighted by atomic mass is 32.2. The number of hydrogen-bond donors (Lipinski definition) is 2. The summed E-state index contributed by atoms with van der Waals surface area (Å²) in [5.41, 5.74) is -1.79. The number of fused-ring (bicyclic) bond motifs is 1. The van der Waals surface area contributed by atoms with Crippen LogP contribution in [0.25, 0.3) is 10.1 Å². The summed E-state index contributed by atoms with van der Waals surface area (Å²) in [7, 11) is -3.61. The van der Waals surface area contributed by atoms with Gasteiger partial charge in [-0.1, -0.05) is 13.8 Å². The van der Waals surface area contributed by atoms with Crippen molar-refractivity contribution in [3.8, 4) is 11.5 Å². The summed E-state index contributed by atoms with van der Waals surface area (Å²) in [6, 6.07) is 7.96. The topological polar surface area (TPSA) is 107 Å². The Bertz CT molecular complexity index is 1860. The van der Waals surface area contributed by atoms with Crippen LogP contribution in [0.1, 0.15) is 34.6 Å². The van der Waals surface area contributed by atoms with Gasteiger partial charge in [-0.25, -0.2) is 17.8 Å². The molecule has 0 unspecified atom stereocenters. The normalized spacial score (nSPS) is 12.8. The van der Waals surface area contributed by atoms with Crippen LogP contribution in [-0.4, -0.2) is 44.5 Å². The van der Waals surface area contributed by atoms with Crippen molar-refractivity contribution in [2.24, 2.45) is 0 Å². The number of thiophene rings is 1. The van der Waals surface area contributed by atoms with Crippen molar-refractivity contribution in [1.29, 1.82) is 0 Å². The Morgan fingerprint density at radius 2 is 1.53 bits per heavy atom. The molecule has 4 rings (SSSR count). The minimum absolute atomic E-state index is 0.0166. The summed E-state index contributed by atoms with van der Waals surface area (Å²) in [5, 5.41) is 2.97. The highest BCUT2D eigenvalue weighted by Gasteiger charge is 2.44. The van der Waals surface area contributed by atoms with Gasteiger partial charge in [-0.2, -0.15) is 17.6 Å². The molecule has 0 fully saturated rings. The molecule has 1 amide bonds. The molecule has 0 aliphatic carbocycles. The molecule has 0 aliphatic rings. The standard InChI is InChI=1S/C27H21F8N3O5S2/c1-25(2,15-8-18(42-26(31,32)24(29)30)11-19(9-15)43-27(33,34)35)14-6-16(28)10-17(7-14)37-23(39)20-4-13-5-22(38-45(3,40)41)36-12-21(13)44-20/h4-12,24H,1-3H3,(H,36,38)(H,37,39). The number of halogens is 8. The Kier molecular flexibility index (Phi) is 8.96. The van der Waals surface area contributed by atoms with Crippen LogP contribution in [-0.2, 0) is 15.4 Å². The van der Waals surface area contributed by atoms with Gasteiger partial charge in [0.25, 0.3) is 5.91 Å². The molecule has 4 aromatic rings. The number of aromatic nitrogens is 1. The predicted molar refractivity (Wildman–Crippen MR) is 149 cm³/mol. The summed E-state index contributed by atoms with van der Waals surface area (Å²) < 4.78 is 140. The molecule has 2 aromatic heterocycles. The first-order chi connectivity index (χ1) is 20.6. The van der Waals surface area contributed by atoms with Gasteiger partial charge in [0.2, 0.25) is 10.0 Å². The van der Waals surface area contributed by atoms with Crippen LogP contribution in [0.5, 0.6) is 11.5 Å². The fourth-order valence-electron chi connectivity index (χ4n) is 4.07. The lowest BCUT2D eigenvalue weighted by Gasteiger charge is -2.28. The number of ether oxygens (including phenoxy) is 2. The lowest BCUT2D eigenvalue weighted by atomic mass is 9.77. The molecule has 2 aromatic carbocycles. The van der Waals surface area contributed by atoms with Crippen molar-refractivity contribution < 1.29 is 57.8 Å². The van der Waals surface area contributed by atoms with Crippen molar-refractivity contribution in [3.05, 3.63) is 76.5 Å². The van der Waals surface area contributed by atoms with Gasteiger partial charge in [0, 0.05) is 23.4 Å². The van der Waals surface area contributed by atoms with Crippen LogP contribution in [0.2, 0.25) is 0 Å². The van der Waals surface area contributed by atoms with Crippen LogP contribution in [0.4, 0.5) is 46.6 Å². The zero-order valence-electron chi connectivity index (χ0n) is 23.1. The van der Waals surface area contributed by atoms with Gasteiger partial charge in [-0.15, -0.1) is 24.5 Å². The monoisotopic (exact) mass is 683 g/mol. The number of amides is 1. The fourth-order valence-corrected chi connectivity index (χ4v) is 5.47. The number of alkyl halides is 7. The molecular weight excluding hydrogens is 662 g/mol. The van der Waals surface area contributed by atoms with Crippen molar-refractivity contribution in [2.75, 3.05) is 16.3 Å². The maximum atomic E-state index is 14.8. The molecule has 0 aliphatic heterocycles. The fraction of sp³-hybridized carbons (Fsp3) is 0.259. The average molecular weight is 684 g/mol. The average Bonchev–Trinajstić information content (AvgIpc) is 3.29. The Balaban J connectivity index is 1.67. The van der Waals surface area contributed by atoms with E-state index >= 15 is 0 Å².